The third-order valence-corrected chi connectivity index (χ3v) is 3.94. The van der Waals surface area contributed by atoms with E-state index in [0.717, 1.165) is 24.8 Å². The quantitative estimate of drug-likeness (QED) is 0.839. The van der Waals surface area contributed by atoms with Gasteiger partial charge >= 0.3 is 0 Å². The van der Waals surface area contributed by atoms with Crippen LogP contribution in [0.1, 0.15) is 35.2 Å². The Labute approximate surface area is 112 Å². The van der Waals surface area contributed by atoms with Gasteiger partial charge in [0.15, 0.2) is 0 Å². The van der Waals surface area contributed by atoms with Crippen LogP contribution < -0.4 is 5.32 Å². The van der Waals surface area contributed by atoms with Gasteiger partial charge in [-0.2, -0.15) is 0 Å². The number of rotatable bonds is 3. The lowest BCUT2D eigenvalue weighted by Crippen LogP contribution is -2.38. The molecule has 0 spiro atoms. The standard InChI is InChI=1S/C14H17ClFNO/c1-9-5-6-12(16)11(7-9)14(18)17-13-4-2-3-10(13)8-15/h5-7,10,13H,2-4,8H2,1H3,(H,17,18). The normalized spacial score (nSPS) is 23.1. The number of hydrogen-bond acceptors (Lipinski definition) is 1. The Bertz CT molecular complexity index is 449. The van der Waals surface area contributed by atoms with Crippen LogP contribution in [0.5, 0.6) is 0 Å². The highest BCUT2D eigenvalue weighted by Crippen LogP contribution is 2.27. The van der Waals surface area contributed by atoms with Crippen LogP contribution >= 0.6 is 11.6 Å². The number of carbonyl (C=O) groups excluding carboxylic acids is 1. The first kappa shape index (κ1) is 13.3. The van der Waals surface area contributed by atoms with E-state index in [-0.39, 0.29) is 17.5 Å². The Hall–Kier alpha value is -1.09. The van der Waals surface area contributed by atoms with Gasteiger partial charge in [0, 0.05) is 11.9 Å². The molecular formula is C14H17ClFNO. The van der Waals surface area contributed by atoms with E-state index in [1.54, 1.807) is 12.1 Å². The van der Waals surface area contributed by atoms with Crippen LogP contribution in [0.15, 0.2) is 18.2 Å². The number of amides is 1. The molecule has 1 amide bonds. The molecule has 1 aromatic carbocycles. The highest BCUT2D eigenvalue weighted by molar-refractivity contribution is 6.18. The predicted molar refractivity (Wildman–Crippen MR) is 70.5 cm³/mol. The van der Waals surface area contributed by atoms with Crippen molar-refractivity contribution in [3.8, 4) is 0 Å². The molecule has 0 aliphatic heterocycles. The van der Waals surface area contributed by atoms with Crippen molar-refractivity contribution in [3.63, 3.8) is 0 Å². The molecule has 98 valence electrons. The summed E-state index contributed by atoms with van der Waals surface area (Å²) >= 11 is 5.86. The van der Waals surface area contributed by atoms with Crippen LogP contribution in [0.3, 0.4) is 0 Å². The fourth-order valence-electron chi connectivity index (χ4n) is 2.47. The minimum absolute atomic E-state index is 0.0786. The minimum Gasteiger partial charge on any atom is -0.349 e. The molecule has 0 saturated heterocycles. The maximum absolute atomic E-state index is 13.6. The zero-order chi connectivity index (χ0) is 13.1. The summed E-state index contributed by atoms with van der Waals surface area (Å²) in [6.07, 6.45) is 3.03. The number of aryl methyl sites for hydroxylation is 1. The number of alkyl halides is 1. The number of hydrogen-bond donors (Lipinski definition) is 1. The first-order chi connectivity index (χ1) is 8.61. The van der Waals surface area contributed by atoms with E-state index in [4.69, 9.17) is 11.6 Å². The Morgan fingerprint density at radius 2 is 2.28 bits per heavy atom. The Morgan fingerprint density at radius 3 is 3.00 bits per heavy atom. The molecule has 2 atom stereocenters. The van der Waals surface area contributed by atoms with Gasteiger partial charge in [-0.1, -0.05) is 18.1 Å². The summed E-state index contributed by atoms with van der Waals surface area (Å²) in [6.45, 7) is 1.84. The highest BCUT2D eigenvalue weighted by Gasteiger charge is 2.28. The van der Waals surface area contributed by atoms with Crippen molar-refractivity contribution < 1.29 is 9.18 Å². The third-order valence-electron chi connectivity index (χ3n) is 3.54. The van der Waals surface area contributed by atoms with Crippen molar-refractivity contribution in [1.82, 2.24) is 5.32 Å². The van der Waals surface area contributed by atoms with Gasteiger partial charge in [0.1, 0.15) is 5.82 Å². The lowest BCUT2D eigenvalue weighted by molar-refractivity contribution is 0.0926. The molecule has 2 rings (SSSR count). The monoisotopic (exact) mass is 269 g/mol. The van der Waals surface area contributed by atoms with Crippen LogP contribution in [-0.4, -0.2) is 17.8 Å². The van der Waals surface area contributed by atoms with Crippen LogP contribution in [0.2, 0.25) is 0 Å². The van der Waals surface area contributed by atoms with Gasteiger partial charge in [-0.3, -0.25) is 4.79 Å². The smallest absolute Gasteiger partial charge is 0.254 e. The minimum atomic E-state index is -0.474. The second-order valence-corrected chi connectivity index (χ2v) is 5.22. The van der Waals surface area contributed by atoms with Crippen LogP contribution in [0.25, 0.3) is 0 Å². The van der Waals surface area contributed by atoms with E-state index >= 15 is 0 Å². The van der Waals surface area contributed by atoms with Gasteiger partial charge in [-0.05, 0) is 37.8 Å². The summed E-state index contributed by atoms with van der Waals surface area (Å²) in [7, 11) is 0. The van der Waals surface area contributed by atoms with Gasteiger partial charge in [0.2, 0.25) is 0 Å². The predicted octanol–water partition coefficient (Wildman–Crippen LogP) is 3.27. The van der Waals surface area contributed by atoms with Crippen molar-refractivity contribution in [2.75, 3.05) is 5.88 Å². The Kier molecular flexibility index (Phi) is 4.23. The SMILES string of the molecule is Cc1ccc(F)c(C(=O)NC2CCCC2CCl)c1. The summed E-state index contributed by atoms with van der Waals surface area (Å²) < 4.78 is 13.6. The lowest BCUT2D eigenvalue weighted by Gasteiger charge is -2.19. The van der Waals surface area contributed by atoms with E-state index in [0.29, 0.717) is 11.8 Å². The Balaban J connectivity index is 2.09. The van der Waals surface area contributed by atoms with Gasteiger partial charge in [0.25, 0.3) is 5.91 Å². The van der Waals surface area contributed by atoms with Crippen molar-refractivity contribution in [3.05, 3.63) is 35.1 Å². The number of carbonyl (C=O) groups is 1. The molecule has 1 N–H and O–H groups in total. The average molecular weight is 270 g/mol. The molecule has 0 bridgehead atoms. The Morgan fingerprint density at radius 1 is 1.50 bits per heavy atom. The lowest BCUT2D eigenvalue weighted by atomic mass is 10.0. The van der Waals surface area contributed by atoms with Gasteiger partial charge in [0.05, 0.1) is 5.56 Å². The summed E-state index contributed by atoms with van der Waals surface area (Å²) in [5.41, 5.74) is 0.997. The second kappa shape index (κ2) is 5.70. The molecule has 1 aromatic rings. The molecule has 18 heavy (non-hydrogen) atoms. The molecule has 1 fully saturated rings. The molecular weight excluding hydrogens is 253 g/mol. The van der Waals surface area contributed by atoms with Gasteiger partial charge in [-0.15, -0.1) is 11.6 Å². The molecule has 1 aliphatic rings. The van der Waals surface area contributed by atoms with E-state index in [1.165, 1.54) is 6.07 Å². The molecule has 0 heterocycles. The zero-order valence-electron chi connectivity index (χ0n) is 10.4. The van der Waals surface area contributed by atoms with Crippen LogP contribution in [0, 0.1) is 18.7 Å². The summed E-state index contributed by atoms with van der Waals surface area (Å²) in [6, 6.07) is 4.64. The highest BCUT2D eigenvalue weighted by atomic mass is 35.5. The van der Waals surface area contributed by atoms with Crippen LogP contribution in [-0.2, 0) is 0 Å². The molecule has 0 aromatic heterocycles. The largest absolute Gasteiger partial charge is 0.349 e. The first-order valence-corrected chi connectivity index (χ1v) is 6.78. The summed E-state index contributed by atoms with van der Waals surface area (Å²) in [4.78, 5) is 12.0. The topological polar surface area (TPSA) is 29.1 Å². The molecule has 1 saturated carbocycles. The zero-order valence-corrected chi connectivity index (χ0v) is 11.1. The van der Waals surface area contributed by atoms with E-state index < -0.39 is 5.82 Å². The van der Waals surface area contributed by atoms with Crippen molar-refractivity contribution in [1.29, 1.82) is 0 Å². The fraction of sp³-hybridized carbons (Fsp3) is 0.500. The number of halogens is 2. The number of benzene rings is 1. The van der Waals surface area contributed by atoms with Crippen molar-refractivity contribution in [2.24, 2.45) is 5.92 Å². The van der Waals surface area contributed by atoms with Gasteiger partial charge in [-0.25, -0.2) is 4.39 Å². The maximum Gasteiger partial charge on any atom is 0.254 e. The van der Waals surface area contributed by atoms with Gasteiger partial charge < -0.3 is 5.32 Å². The fourth-order valence-corrected chi connectivity index (χ4v) is 2.84. The average Bonchev–Trinajstić information content (AvgIpc) is 2.79. The second-order valence-electron chi connectivity index (χ2n) is 4.91. The maximum atomic E-state index is 13.6. The molecule has 4 heteroatoms. The van der Waals surface area contributed by atoms with Crippen molar-refractivity contribution >= 4 is 17.5 Å². The molecule has 2 nitrogen and oxygen atoms in total. The number of nitrogens with one attached hydrogen (secondary N) is 1. The van der Waals surface area contributed by atoms with E-state index in [1.807, 2.05) is 6.92 Å². The molecule has 2 unspecified atom stereocenters. The summed E-state index contributed by atoms with van der Waals surface area (Å²) in [5, 5.41) is 2.90. The van der Waals surface area contributed by atoms with Crippen LogP contribution in [0.4, 0.5) is 4.39 Å². The first-order valence-electron chi connectivity index (χ1n) is 6.25. The molecule has 0 radical (unpaired) electrons. The van der Waals surface area contributed by atoms with E-state index in [2.05, 4.69) is 5.32 Å². The van der Waals surface area contributed by atoms with E-state index in [9.17, 15) is 9.18 Å². The molecule has 1 aliphatic carbocycles. The summed E-state index contributed by atoms with van der Waals surface area (Å²) in [5.74, 6) is 0.0431. The van der Waals surface area contributed by atoms with Crippen molar-refractivity contribution in [2.45, 2.75) is 32.2 Å². The third kappa shape index (κ3) is 2.83.